The topological polar surface area (TPSA) is 158 Å². The number of ether oxygens (including phenoxy) is 5. The van der Waals surface area contributed by atoms with Gasteiger partial charge >= 0.3 is 0 Å². The number of unbranched alkanes of at least 4 members (excludes halogenated alkanes) is 1. The highest BCUT2D eigenvalue weighted by Gasteiger charge is 2.42. The molecule has 0 fully saturated rings. The Labute approximate surface area is 606 Å². The summed E-state index contributed by atoms with van der Waals surface area (Å²) in [6.07, 6.45) is 2.86. The monoisotopic (exact) mass is 1380 g/mol. The van der Waals surface area contributed by atoms with Gasteiger partial charge in [-0.2, -0.15) is 0 Å². The third-order valence-corrected chi connectivity index (χ3v) is 19.8. The van der Waals surface area contributed by atoms with Crippen molar-refractivity contribution < 1.29 is 52.5 Å². The molecule has 14 nitrogen and oxygen atoms in total. The van der Waals surface area contributed by atoms with E-state index in [1.807, 2.05) is 145 Å². The average molecular weight is 1380 g/mol. The maximum Gasteiger partial charge on any atom is 0.261 e. The van der Waals surface area contributed by atoms with E-state index in [9.17, 15) is 9.59 Å². The zero-order chi connectivity index (χ0) is 73.5. The maximum atomic E-state index is 16.1. The second kappa shape index (κ2) is 26.6. The molecule has 2 aliphatic rings. The van der Waals surface area contributed by atoms with Crippen molar-refractivity contribution in [1.29, 1.82) is 0 Å². The zero-order valence-corrected chi connectivity index (χ0v) is 61.0. The Balaban J connectivity index is 1.01. The number of rotatable bonds is 20. The van der Waals surface area contributed by atoms with E-state index in [1.165, 1.54) is 9.80 Å². The van der Waals surface area contributed by atoms with Crippen LogP contribution in [0, 0.1) is 0 Å². The SMILES string of the molecule is CCCCN1C(=O)c2cc(Oc3ccc(C(C)(C)C)cc3)c3c4c(Oc5ccc(C(C)(C)C)cc5)cc5c6c(cc(Oc7ccc(C(C)(C)C)cc7)c(c7c(Oc8ccc(C(C)(C)C)cc8)cc(c2c37)C1=O)c64)C(=O)N(CCOc1ccc(N(c2ccc(C=O)cc2)c2ccc(C=O)cc2)cc1)C5=O. The van der Waals surface area contributed by atoms with Gasteiger partial charge in [-0.25, -0.2) is 0 Å². The third-order valence-electron chi connectivity index (χ3n) is 19.8. The molecule has 524 valence electrons. The fourth-order valence-electron chi connectivity index (χ4n) is 14.0. The summed E-state index contributed by atoms with van der Waals surface area (Å²) in [6, 6.07) is 59.9. The molecule has 0 spiro atoms. The molecule has 0 bridgehead atoms. The summed E-state index contributed by atoms with van der Waals surface area (Å²) in [4.78, 5) is 91.1. The van der Waals surface area contributed by atoms with Crippen molar-refractivity contribution in [3.05, 3.63) is 250 Å². The van der Waals surface area contributed by atoms with Crippen molar-refractivity contribution in [2.75, 3.05) is 24.6 Å². The van der Waals surface area contributed by atoms with Crippen LogP contribution in [0.2, 0.25) is 0 Å². The molecule has 14 rings (SSSR count). The summed E-state index contributed by atoms with van der Waals surface area (Å²) in [7, 11) is 0. The summed E-state index contributed by atoms with van der Waals surface area (Å²) in [5.74, 6) is 0.940. The van der Waals surface area contributed by atoms with Gasteiger partial charge in [0.15, 0.2) is 0 Å². The standard InChI is InChI=1S/C90H83N3O11/c1-14-15-44-91-83(96)67-47-71(101-63-34-20-55(21-35-63)87(2,3)4)77-79-73(103-65-38-24-57(25-39-65)89(8,9)10)49-69-76-70(86(99)92(85(69)98)45-46-100-62-42-32-61(33-43-62)93(59-28-16-53(51-94)17-29-59)60-30-18-54(52-95)19-31-60)50-74(104-66-40-26-58(27-41-66)90(11,12)13)80(82(76)79)78-72(48-68(84(91)97)75(67)81(77)78)102-64-36-22-56(23-37-64)88(5,6)7/h16-43,47-52H,14-15,44-46H2,1-13H3. The van der Waals surface area contributed by atoms with E-state index in [2.05, 4.69) is 83.1 Å². The van der Waals surface area contributed by atoms with Crippen LogP contribution < -0.4 is 28.6 Å². The van der Waals surface area contributed by atoms with Crippen LogP contribution in [0.25, 0.3) is 43.1 Å². The lowest BCUT2D eigenvalue weighted by Gasteiger charge is -2.32. The van der Waals surface area contributed by atoms with Crippen molar-refractivity contribution in [2.45, 2.75) is 125 Å². The molecule has 14 heteroatoms. The minimum absolute atomic E-state index is 0.106. The number of fused-ring (bicyclic) bond motifs is 2. The number of imide groups is 2. The molecule has 2 aliphatic heterocycles. The Hall–Kier alpha value is -11.6. The quantitative estimate of drug-likeness (QED) is 0.0308. The Kier molecular flexibility index (Phi) is 17.8. The van der Waals surface area contributed by atoms with E-state index in [0.29, 0.717) is 89.4 Å². The molecule has 104 heavy (non-hydrogen) atoms. The lowest BCUT2D eigenvalue weighted by atomic mass is 9.80. The number of hydrogen-bond donors (Lipinski definition) is 0. The van der Waals surface area contributed by atoms with Crippen molar-refractivity contribution in [2.24, 2.45) is 0 Å². The van der Waals surface area contributed by atoms with Crippen LogP contribution in [0.1, 0.15) is 187 Å². The fourth-order valence-corrected chi connectivity index (χ4v) is 14.0. The normalized spacial score (nSPS) is 13.4. The molecule has 0 saturated carbocycles. The Morgan fingerprint density at radius 3 is 0.846 bits per heavy atom. The molecule has 0 saturated heterocycles. The molecule has 12 aromatic carbocycles. The largest absolute Gasteiger partial charge is 0.492 e. The lowest BCUT2D eigenvalue weighted by Crippen LogP contribution is -2.42. The van der Waals surface area contributed by atoms with Crippen LogP contribution >= 0.6 is 0 Å². The molecule has 0 unspecified atom stereocenters. The first-order valence-corrected chi connectivity index (χ1v) is 35.5. The molecular weight excluding hydrogens is 1300 g/mol. The first kappa shape index (κ1) is 69.4. The summed E-state index contributed by atoms with van der Waals surface area (Å²) in [6.45, 7) is 27.5. The van der Waals surface area contributed by atoms with Crippen LogP contribution in [-0.4, -0.2) is 65.7 Å². The molecular formula is C90H83N3O11. The highest BCUT2D eigenvalue weighted by molar-refractivity contribution is 6.45. The number of hydrogen-bond acceptors (Lipinski definition) is 12. The molecule has 4 amide bonds. The lowest BCUT2D eigenvalue weighted by molar-refractivity contribution is 0.0579. The van der Waals surface area contributed by atoms with E-state index < -0.39 is 23.6 Å². The minimum atomic E-state index is -0.611. The molecule has 0 radical (unpaired) electrons. The number of amides is 4. The maximum absolute atomic E-state index is 16.1. The van der Waals surface area contributed by atoms with Crippen molar-refractivity contribution in [3.63, 3.8) is 0 Å². The molecule has 0 N–H and O–H groups in total. The van der Waals surface area contributed by atoms with Gasteiger partial charge < -0.3 is 28.6 Å². The Bertz CT molecular complexity index is 5090. The van der Waals surface area contributed by atoms with Gasteiger partial charge in [0, 0.05) is 77.8 Å². The van der Waals surface area contributed by atoms with Crippen LogP contribution in [-0.2, 0) is 21.7 Å². The van der Waals surface area contributed by atoms with Gasteiger partial charge in [0.1, 0.15) is 70.9 Å². The van der Waals surface area contributed by atoms with Gasteiger partial charge in [-0.15, -0.1) is 0 Å². The zero-order valence-electron chi connectivity index (χ0n) is 61.0. The van der Waals surface area contributed by atoms with E-state index in [1.54, 1.807) is 60.7 Å². The van der Waals surface area contributed by atoms with Gasteiger partial charge in [-0.05, 0) is 196 Å². The van der Waals surface area contributed by atoms with Crippen LogP contribution in [0.15, 0.2) is 194 Å². The number of aldehydes is 2. The van der Waals surface area contributed by atoms with E-state index >= 15 is 19.2 Å². The van der Waals surface area contributed by atoms with Gasteiger partial charge in [0.05, 0.1) is 28.8 Å². The summed E-state index contributed by atoms with van der Waals surface area (Å²) in [5, 5.41) is 3.19. The van der Waals surface area contributed by atoms with Gasteiger partial charge in [-0.1, -0.05) is 145 Å². The number of anilines is 3. The second-order valence-corrected chi connectivity index (χ2v) is 31.2. The fraction of sp³-hybridized carbons (Fsp3) is 0.244. The second-order valence-electron chi connectivity index (χ2n) is 31.2. The summed E-state index contributed by atoms with van der Waals surface area (Å²) in [5.41, 5.74) is 7.52. The summed E-state index contributed by atoms with van der Waals surface area (Å²) >= 11 is 0. The van der Waals surface area contributed by atoms with Crippen molar-refractivity contribution >= 4 is 96.4 Å². The van der Waals surface area contributed by atoms with Crippen molar-refractivity contribution in [3.8, 4) is 51.7 Å². The number of benzene rings is 12. The Morgan fingerprint density at radius 2 is 0.587 bits per heavy atom. The van der Waals surface area contributed by atoms with Crippen molar-refractivity contribution in [1.82, 2.24) is 9.80 Å². The molecule has 0 aromatic heterocycles. The molecule has 2 heterocycles. The molecule has 0 atom stereocenters. The third kappa shape index (κ3) is 12.9. The van der Waals surface area contributed by atoms with Crippen LogP contribution in [0.3, 0.4) is 0 Å². The van der Waals surface area contributed by atoms with E-state index in [4.69, 9.17) is 23.7 Å². The first-order chi connectivity index (χ1) is 49.6. The summed E-state index contributed by atoms with van der Waals surface area (Å²) < 4.78 is 35.7. The molecule has 0 aliphatic carbocycles. The Morgan fingerprint density at radius 1 is 0.327 bits per heavy atom. The van der Waals surface area contributed by atoms with E-state index in [0.717, 1.165) is 58.3 Å². The highest BCUT2D eigenvalue weighted by atomic mass is 16.5. The average Bonchev–Trinajstić information content (AvgIpc) is 0.674. The van der Waals surface area contributed by atoms with Gasteiger partial charge in [-0.3, -0.25) is 38.6 Å². The smallest absolute Gasteiger partial charge is 0.261 e. The number of nitrogens with zero attached hydrogens (tertiary/aromatic N) is 3. The highest BCUT2D eigenvalue weighted by Crippen LogP contribution is 2.58. The predicted molar refractivity (Wildman–Crippen MR) is 412 cm³/mol. The minimum Gasteiger partial charge on any atom is -0.492 e. The number of carbonyl (C=O) groups is 6. The van der Waals surface area contributed by atoms with E-state index in [-0.39, 0.29) is 86.6 Å². The van der Waals surface area contributed by atoms with Gasteiger partial charge in [0.25, 0.3) is 23.6 Å². The predicted octanol–water partition coefficient (Wildman–Crippen LogP) is 22.3. The first-order valence-electron chi connectivity index (χ1n) is 35.5. The van der Waals surface area contributed by atoms with Crippen LogP contribution in [0.4, 0.5) is 17.1 Å². The number of carbonyl (C=O) groups excluding carboxylic acids is 6. The van der Waals surface area contributed by atoms with Crippen LogP contribution in [0.5, 0.6) is 51.7 Å². The molecule has 12 aromatic rings. The van der Waals surface area contributed by atoms with Gasteiger partial charge in [0.2, 0.25) is 0 Å².